The van der Waals surface area contributed by atoms with Crippen LogP contribution in [0.2, 0.25) is 5.02 Å². The number of nitrogens with one attached hydrogen (secondary N) is 1. The zero-order valence-electron chi connectivity index (χ0n) is 15.6. The number of aliphatic hydroxyl groups is 1. The highest BCUT2D eigenvalue weighted by Crippen LogP contribution is 2.23. The molecule has 154 valence electrons. The molecular formula is C20H21ClN2O6. The SMILES string of the molecule is CN(O)C(=O)C(=O)NC(Cc1ccc(-c2cccc(Cl)c2)cc1)CC(O)C(=O)O. The number of hydrogen-bond acceptors (Lipinski definition) is 5. The van der Waals surface area contributed by atoms with Crippen molar-refractivity contribution in [3.05, 3.63) is 59.1 Å². The molecule has 0 fully saturated rings. The van der Waals surface area contributed by atoms with Gasteiger partial charge in [0.25, 0.3) is 0 Å². The summed E-state index contributed by atoms with van der Waals surface area (Å²) in [5.41, 5.74) is 2.59. The van der Waals surface area contributed by atoms with E-state index in [-0.39, 0.29) is 17.9 Å². The highest BCUT2D eigenvalue weighted by molar-refractivity contribution is 6.34. The third-order valence-corrected chi connectivity index (χ3v) is 4.45. The standard InChI is InChI=1S/C20H21ClN2O6/c1-23(29)19(26)18(25)22-16(11-17(24)20(27)28)9-12-5-7-13(8-6-12)14-3-2-4-15(21)10-14/h2-8,10,16-17,24,29H,9,11H2,1H3,(H,22,25)(H,27,28). The lowest BCUT2D eigenvalue weighted by Gasteiger charge is -2.21. The van der Waals surface area contributed by atoms with Crippen molar-refractivity contribution in [3.63, 3.8) is 0 Å². The van der Waals surface area contributed by atoms with Gasteiger partial charge in [0.05, 0.1) is 0 Å². The Hall–Kier alpha value is -2.94. The van der Waals surface area contributed by atoms with Crippen molar-refractivity contribution in [3.8, 4) is 11.1 Å². The summed E-state index contributed by atoms with van der Waals surface area (Å²) in [6.45, 7) is 0. The van der Waals surface area contributed by atoms with Crippen LogP contribution >= 0.6 is 11.6 Å². The second-order valence-electron chi connectivity index (χ2n) is 6.50. The molecule has 9 heteroatoms. The summed E-state index contributed by atoms with van der Waals surface area (Å²) in [6, 6.07) is 13.8. The molecule has 2 atom stereocenters. The Morgan fingerprint density at radius 1 is 1.10 bits per heavy atom. The van der Waals surface area contributed by atoms with Gasteiger partial charge in [-0.05, 0) is 35.2 Å². The summed E-state index contributed by atoms with van der Waals surface area (Å²) < 4.78 is 0. The van der Waals surface area contributed by atoms with E-state index in [1.807, 2.05) is 30.3 Å². The molecule has 0 bridgehead atoms. The molecule has 0 heterocycles. The van der Waals surface area contributed by atoms with Gasteiger partial charge in [0.2, 0.25) is 0 Å². The Bertz CT molecular complexity index is 885. The lowest BCUT2D eigenvalue weighted by Crippen LogP contribution is -2.46. The van der Waals surface area contributed by atoms with Crippen molar-refractivity contribution in [2.24, 2.45) is 0 Å². The van der Waals surface area contributed by atoms with Crippen LogP contribution in [0.1, 0.15) is 12.0 Å². The fraction of sp³-hybridized carbons (Fsp3) is 0.250. The molecule has 2 rings (SSSR count). The molecule has 2 aromatic rings. The first-order valence-corrected chi connectivity index (χ1v) is 9.08. The van der Waals surface area contributed by atoms with E-state index in [1.54, 1.807) is 18.2 Å². The summed E-state index contributed by atoms with van der Waals surface area (Å²) in [4.78, 5) is 34.4. The molecule has 0 spiro atoms. The van der Waals surface area contributed by atoms with Crippen molar-refractivity contribution in [2.75, 3.05) is 7.05 Å². The molecule has 0 radical (unpaired) electrons. The van der Waals surface area contributed by atoms with E-state index < -0.39 is 29.9 Å². The van der Waals surface area contributed by atoms with Gasteiger partial charge in [0, 0.05) is 24.5 Å². The molecule has 0 aliphatic carbocycles. The molecule has 0 aromatic heterocycles. The summed E-state index contributed by atoms with van der Waals surface area (Å²) >= 11 is 6.00. The lowest BCUT2D eigenvalue weighted by atomic mass is 9.98. The first-order valence-electron chi connectivity index (χ1n) is 8.70. The quantitative estimate of drug-likeness (QED) is 0.307. The average molecular weight is 421 g/mol. The number of carboxylic acids is 1. The Morgan fingerprint density at radius 2 is 1.76 bits per heavy atom. The molecule has 0 aliphatic rings. The molecule has 0 aliphatic heterocycles. The first-order chi connectivity index (χ1) is 13.7. The van der Waals surface area contributed by atoms with Crippen LogP contribution < -0.4 is 5.32 Å². The predicted octanol–water partition coefficient (Wildman–Crippen LogP) is 1.72. The number of rotatable bonds is 7. The summed E-state index contributed by atoms with van der Waals surface area (Å²) in [7, 11) is 0.998. The average Bonchev–Trinajstić information content (AvgIpc) is 2.67. The largest absolute Gasteiger partial charge is 0.479 e. The number of amides is 2. The first kappa shape index (κ1) is 22.4. The Balaban J connectivity index is 2.15. The molecule has 0 saturated heterocycles. The van der Waals surface area contributed by atoms with Gasteiger partial charge in [-0.3, -0.25) is 14.8 Å². The fourth-order valence-electron chi connectivity index (χ4n) is 2.74. The lowest BCUT2D eigenvalue weighted by molar-refractivity contribution is -0.166. The van der Waals surface area contributed by atoms with Gasteiger partial charge in [0.15, 0.2) is 6.10 Å². The van der Waals surface area contributed by atoms with Crippen LogP contribution in [0.3, 0.4) is 0 Å². The molecule has 4 N–H and O–H groups in total. The van der Waals surface area contributed by atoms with Gasteiger partial charge in [-0.2, -0.15) is 0 Å². The van der Waals surface area contributed by atoms with Crippen molar-refractivity contribution < 1.29 is 29.8 Å². The highest BCUT2D eigenvalue weighted by atomic mass is 35.5. The number of carboxylic acid groups (broad SMARTS) is 1. The van der Waals surface area contributed by atoms with Crippen molar-refractivity contribution in [1.82, 2.24) is 10.4 Å². The van der Waals surface area contributed by atoms with E-state index in [2.05, 4.69) is 5.32 Å². The van der Waals surface area contributed by atoms with E-state index in [4.69, 9.17) is 21.9 Å². The zero-order chi connectivity index (χ0) is 21.6. The van der Waals surface area contributed by atoms with E-state index in [0.29, 0.717) is 5.02 Å². The van der Waals surface area contributed by atoms with Gasteiger partial charge in [-0.1, -0.05) is 48.0 Å². The summed E-state index contributed by atoms with van der Waals surface area (Å²) in [5.74, 6) is -3.74. The second kappa shape index (κ2) is 10.0. The predicted molar refractivity (Wildman–Crippen MR) is 105 cm³/mol. The number of hydroxylamine groups is 2. The maximum Gasteiger partial charge on any atom is 0.334 e. The van der Waals surface area contributed by atoms with Gasteiger partial charge < -0.3 is 15.5 Å². The van der Waals surface area contributed by atoms with E-state index >= 15 is 0 Å². The molecule has 2 unspecified atom stereocenters. The minimum absolute atomic E-state index is 0.125. The van der Waals surface area contributed by atoms with Crippen LogP contribution in [0, 0.1) is 0 Å². The number of aliphatic hydroxyl groups excluding tert-OH is 1. The number of hydrogen-bond donors (Lipinski definition) is 4. The summed E-state index contributed by atoms with van der Waals surface area (Å²) in [5, 5.41) is 30.8. The zero-order valence-corrected chi connectivity index (χ0v) is 16.3. The fourth-order valence-corrected chi connectivity index (χ4v) is 2.93. The molecule has 29 heavy (non-hydrogen) atoms. The number of nitrogens with zero attached hydrogens (tertiary/aromatic N) is 1. The number of likely N-dealkylation sites (N-methyl/N-ethyl adjacent to an activating group) is 1. The van der Waals surface area contributed by atoms with Gasteiger partial charge in [0.1, 0.15) is 0 Å². The Kier molecular flexibility index (Phi) is 7.72. The molecular weight excluding hydrogens is 400 g/mol. The van der Waals surface area contributed by atoms with Crippen molar-refractivity contribution in [1.29, 1.82) is 0 Å². The summed E-state index contributed by atoms with van der Waals surface area (Å²) in [6.07, 6.45) is -1.85. The topological polar surface area (TPSA) is 127 Å². The van der Waals surface area contributed by atoms with Crippen LogP contribution in [0.4, 0.5) is 0 Å². The second-order valence-corrected chi connectivity index (χ2v) is 6.94. The monoisotopic (exact) mass is 420 g/mol. The molecule has 2 aromatic carbocycles. The minimum Gasteiger partial charge on any atom is -0.479 e. The number of aliphatic carboxylic acids is 1. The van der Waals surface area contributed by atoms with Crippen LogP contribution in [-0.2, 0) is 20.8 Å². The maximum absolute atomic E-state index is 11.9. The number of benzene rings is 2. The maximum atomic E-state index is 11.9. The van der Waals surface area contributed by atoms with Crippen LogP contribution in [0.25, 0.3) is 11.1 Å². The van der Waals surface area contributed by atoms with Gasteiger partial charge in [-0.15, -0.1) is 0 Å². The smallest absolute Gasteiger partial charge is 0.334 e. The third-order valence-electron chi connectivity index (χ3n) is 4.21. The molecule has 2 amide bonds. The van der Waals surface area contributed by atoms with Crippen LogP contribution in [-0.4, -0.2) is 57.5 Å². The third kappa shape index (κ3) is 6.56. The van der Waals surface area contributed by atoms with Gasteiger partial charge >= 0.3 is 17.8 Å². The Morgan fingerprint density at radius 3 is 2.31 bits per heavy atom. The Labute approximate surface area is 172 Å². The van der Waals surface area contributed by atoms with Crippen LogP contribution in [0.5, 0.6) is 0 Å². The van der Waals surface area contributed by atoms with E-state index in [0.717, 1.165) is 23.7 Å². The minimum atomic E-state index is -1.71. The van der Waals surface area contributed by atoms with E-state index in [1.165, 1.54) is 0 Å². The molecule has 0 saturated carbocycles. The number of halogens is 1. The van der Waals surface area contributed by atoms with Crippen LogP contribution in [0.15, 0.2) is 48.5 Å². The van der Waals surface area contributed by atoms with Crippen molar-refractivity contribution >= 4 is 29.4 Å². The normalized spacial score (nSPS) is 12.7. The van der Waals surface area contributed by atoms with E-state index in [9.17, 15) is 19.5 Å². The highest BCUT2D eigenvalue weighted by Gasteiger charge is 2.25. The number of carbonyl (C=O) groups excluding carboxylic acids is 2. The number of carbonyl (C=O) groups is 3. The molecule has 8 nitrogen and oxygen atoms in total. The van der Waals surface area contributed by atoms with Gasteiger partial charge in [-0.25, -0.2) is 9.86 Å². The van der Waals surface area contributed by atoms with Crippen molar-refractivity contribution in [2.45, 2.75) is 25.0 Å².